The van der Waals surface area contributed by atoms with E-state index in [2.05, 4.69) is 0 Å². The van der Waals surface area contributed by atoms with Crippen LogP contribution in [0.25, 0.3) is 0 Å². The molecule has 0 spiro atoms. The molecule has 0 atom stereocenters. The fourth-order valence-electron chi connectivity index (χ4n) is 2.28. The van der Waals surface area contributed by atoms with Gasteiger partial charge in [0.2, 0.25) is 9.84 Å². The molecule has 0 unspecified atom stereocenters. The molecular weight excluding hydrogens is 312 g/mol. The molecule has 5 heteroatoms. The minimum atomic E-state index is -3.60. The third-order valence-electron chi connectivity index (χ3n) is 3.37. The largest absolute Gasteiger partial charge is 0.300 e. The minimum absolute atomic E-state index is 0.0293. The van der Waals surface area contributed by atoms with Crippen molar-refractivity contribution >= 4 is 21.4 Å². The van der Waals surface area contributed by atoms with Gasteiger partial charge in [-0.15, -0.1) is 0 Å². The summed E-state index contributed by atoms with van der Waals surface area (Å²) in [4.78, 5) is 22.5. The summed E-state index contributed by atoms with van der Waals surface area (Å²) in [6.45, 7) is 2.99. The lowest BCUT2D eigenvalue weighted by Gasteiger charge is -2.07. The molecule has 0 aliphatic rings. The Balaban J connectivity index is 2.27. The summed E-state index contributed by atoms with van der Waals surface area (Å²) in [5.41, 5.74) is 1.57. The molecule has 0 N–H and O–H groups in total. The van der Waals surface area contributed by atoms with Gasteiger partial charge in [-0.05, 0) is 49.2 Å². The zero-order chi connectivity index (χ0) is 17.0. The first-order chi connectivity index (χ1) is 10.8. The van der Waals surface area contributed by atoms with E-state index in [1.54, 1.807) is 24.3 Å². The monoisotopic (exact) mass is 330 g/mol. The van der Waals surface area contributed by atoms with E-state index in [4.69, 9.17) is 0 Å². The van der Waals surface area contributed by atoms with Gasteiger partial charge in [0.1, 0.15) is 11.6 Å². The molecule has 23 heavy (non-hydrogen) atoms. The van der Waals surface area contributed by atoms with Gasteiger partial charge in [0.15, 0.2) is 0 Å². The van der Waals surface area contributed by atoms with Crippen molar-refractivity contribution in [1.29, 1.82) is 0 Å². The van der Waals surface area contributed by atoms with Gasteiger partial charge in [0.05, 0.1) is 9.79 Å². The van der Waals surface area contributed by atoms with Gasteiger partial charge in [-0.2, -0.15) is 0 Å². The predicted molar refractivity (Wildman–Crippen MR) is 87.1 cm³/mol. The van der Waals surface area contributed by atoms with E-state index in [0.717, 1.165) is 11.1 Å². The van der Waals surface area contributed by atoms with Crippen molar-refractivity contribution in [2.75, 3.05) is 0 Å². The van der Waals surface area contributed by atoms with Crippen molar-refractivity contribution < 1.29 is 18.0 Å². The fraction of sp³-hybridized carbons (Fsp3) is 0.222. The van der Waals surface area contributed by atoms with Gasteiger partial charge in [-0.25, -0.2) is 8.42 Å². The van der Waals surface area contributed by atoms with Crippen LogP contribution in [-0.4, -0.2) is 20.0 Å². The van der Waals surface area contributed by atoms with Crippen LogP contribution in [0.3, 0.4) is 0 Å². The number of Topliss-reactive ketones (excluding diaryl/α,β-unsaturated/α-hetero) is 2. The van der Waals surface area contributed by atoms with Crippen LogP contribution in [0.2, 0.25) is 0 Å². The number of carbonyl (C=O) groups excluding carboxylic acids is 2. The summed E-state index contributed by atoms with van der Waals surface area (Å²) in [5.74, 6) is 0.0586. The average molecular weight is 330 g/mol. The number of benzene rings is 2. The van der Waals surface area contributed by atoms with Crippen LogP contribution >= 0.6 is 0 Å². The maximum absolute atomic E-state index is 12.6. The maximum atomic E-state index is 12.6. The van der Waals surface area contributed by atoms with Crippen LogP contribution in [0.1, 0.15) is 25.0 Å². The van der Waals surface area contributed by atoms with Gasteiger partial charge in [-0.3, -0.25) is 9.59 Å². The Morgan fingerprint density at radius 1 is 0.696 bits per heavy atom. The number of hydrogen-bond acceptors (Lipinski definition) is 4. The third-order valence-corrected chi connectivity index (χ3v) is 5.16. The lowest BCUT2D eigenvalue weighted by molar-refractivity contribution is -0.117. The zero-order valence-electron chi connectivity index (χ0n) is 13.1. The molecule has 0 fully saturated rings. The summed E-state index contributed by atoms with van der Waals surface area (Å²) >= 11 is 0. The minimum Gasteiger partial charge on any atom is -0.300 e. The first-order valence-electron chi connectivity index (χ1n) is 7.21. The SMILES string of the molecule is CC(=O)Cc1ccc(S(=O)(=O)c2ccc(CC(C)=O)cc2)cc1. The van der Waals surface area contributed by atoms with E-state index >= 15 is 0 Å². The molecule has 4 nitrogen and oxygen atoms in total. The number of ketones is 2. The highest BCUT2D eigenvalue weighted by molar-refractivity contribution is 7.91. The smallest absolute Gasteiger partial charge is 0.206 e. The quantitative estimate of drug-likeness (QED) is 0.817. The molecule has 0 heterocycles. The standard InChI is InChI=1S/C18H18O4S/c1-13(19)11-15-3-7-17(8-4-15)23(21,22)18-9-5-16(6-10-18)12-14(2)20/h3-10H,11-12H2,1-2H3. The van der Waals surface area contributed by atoms with E-state index in [1.165, 1.54) is 38.1 Å². The molecule has 2 rings (SSSR count). The number of rotatable bonds is 6. The Morgan fingerprint density at radius 3 is 1.26 bits per heavy atom. The van der Waals surface area contributed by atoms with E-state index in [9.17, 15) is 18.0 Å². The summed E-state index contributed by atoms with van der Waals surface area (Å²) in [6.07, 6.45) is 0.583. The van der Waals surface area contributed by atoms with Crippen LogP contribution < -0.4 is 0 Å². The Hall–Kier alpha value is -2.27. The Labute approximate surface area is 136 Å². The normalized spacial score (nSPS) is 11.2. The van der Waals surface area contributed by atoms with E-state index in [-0.39, 0.29) is 21.4 Å². The highest BCUT2D eigenvalue weighted by Gasteiger charge is 2.17. The van der Waals surface area contributed by atoms with E-state index in [0.29, 0.717) is 12.8 Å². The Morgan fingerprint density at radius 2 is 1.00 bits per heavy atom. The van der Waals surface area contributed by atoms with Crippen molar-refractivity contribution in [3.63, 3.8) is 0 Å². The van der Waals surface area contributed by atoms with E-state index in [1.807, 2.05) is 0 Å². The molecule has 0 saturated heterocycles. The first kappa shape index (κ1) is 17.1. The molecule has 0 saturated carbocycles. The lowest BCUT2D eigenvalue weighted by Crippen LogP contribution is -2.04. The molecule has 0 amide bonds. The molecule has 0 aliphatic heterocycles. The number of sulfone groups is 1. The van der Waals surface area contributed by atoms with Crippen molar-refractivity contribution in [1.82, 2.24) is 0 Å². The van der Waals surface area contributed by atoms with Crippen LogP contribution in [-0.2, 0) is 32.3 Å². The summed E-state index contributed by atoms with van der Waals surface area (Å²) in [7, 11) is -3.60. The summed E-state index contributed by atoms with van der Waals surface area (Å²) in [6, 6.07) is 12.6. The van der Waals surface area contributed by atoms with Gasteiger partial charge in [0.25, 0.3) is 0 Å². The molecule has 0 radical (unpaired) electrons. The highest BCUT2D eigenvalue weighted by atomic mass is 32.2. The second-order valence-electron chi connectivity index (χ2n) is 5.55. The summed E-state index contributed by atoms with van der Waals surface area (Å²) < 4.78 is 25.1. The Bertz CT molecular complexity index is 751. The average Bonchev–Trinajstić information content (AvgIpc) is 2.47. The number of carbonyl (C=O) groups is 2. The van der Waals surface area contributed by atoms with Crippen LogP contribution in [0.4, 0.5) is 0 Å². The van der Waals surface area contributed by atoms with Crippen LogP contribution in [0, 0.1) is 0 Å². The molecule has 0 bridgehead atoms. The van der Waals surface area contributed by atoms with Gasteiger partial charge >= 0.3 is 0 Å². The second kappa shape index (κ2) is 6.87. The lowest BCUT2D eigenvalue weighted by atomic mass is 10.1. The second-order valence-corrected chi connectivity index (χ2v) is 7.50. The van der Waals surface area contributed by atoms with Gasteiger partial charge in [0, 0.05) is 12.8 Å². The first-order valence-corrected chi connectivity index (χ1v) is 8.69. The fourth-order valence-corrected chi connectivity index (χ4v) is 3.54. The predicted octanol–water partition coefficient (Wildman–Crippen LogP) is 2.78. The third kappa shape index (κ3) is 4.36. The van der Waals surface area contributed by atoms with Crippen molar-refractivity contribution in [3.8, 4) is 0 Å². The highest BCUT2D eigenvalue weighted by Crippen LogP contribution is 2.22. The van der Waals surface area contributed by atoms with Crippen molar-refractivity contribution in [2.24, 2.45) is 0 Å². The maximum Gasteiger partial charge on any atom is 0.206 e. The zero-order valence-corrected chi connectivity index (χ0v) is 13.9. The van der Waals surface area contributed by atoms with Crippen molar-refractivity contribution in [2.45, 2.75) is 36.5 Å². The van der Waals surface area contributed by atoms with E-state index < -0.39 is 9.84 Å². The van der Waals surface area contributed by atoms with Crippen LogP contribution in [0.5, 0.6) is 0 Å². The summed E-state index contributed by atoms with van der Waals surface area (Å²) in [5, 5.41) is 0. The number of hydrogen-bond donors (Lipinski definition) is 0. The molecule has 120 valence electrons. The molecular formula is C18H18O4S. The molecule has 2 aromatic carbocycles. The topological polar surface area (TPSA) is 68.3 Å². The van der Waals surface area contributed by atoms with Crippen LogP contribution in [0.15, 0.2) is 58.3 Å². The van der Waals surface area contributed by atoms with Gasteiger partial charge < -0.3 is 0 Å². The molecule has 0 aromatic heterocycles. The molecule has 0 aliphatic carbocycles. The van der Waals surface area contributed by atoms with Crippen molar-refractivity contribution in [3.05, 3.63) is 59.7 Å². The van der Waals surface area contributed by atoms with Gasteiger partial charge in [-0.1, -0.05) is 24.3 Å². The molecule has 2 aromatic rings. The Kier molecular flexibility index (Phi) is 5.11.